The Morgan fingerprint density at radius 2 is 1.94 bits per heavy atom. The summed E-state index contributed by atoms with van der Waals surface area (Å²) in [5.41, 5.74) is -0.000203. The monoisotopic (exact) mass is 295 g/mol. The fourth-order valence-electron chi connectivity index (χ4n) is 1.22. The summed E-state index contributed by atoms with van der Waals surface area (Å²) in [6.45, 7) is 4.33. The second-order valence-electron chi connectivity index (χ2n) is 3.85. The Kier molecular flexibility index (Phi) is 4.38. The molecule has 5 heteroatoms. The first-order valence-electron chi connectivity index (χ1n) is 4.89. The summed E-state index contributed by atoms with van der Waals surface area (Å²) in [5.74, 6) is 0. The molecule has 0 aromatic heterocycles. The van der Waals surface area contributed by atoms with Crippen LogP contribution >= 0.6 is 15.9 Å². The normalized spacial score (nSPS) is 12.2. The van der Waals surface area contributed by atoms with E-state index in [1.54, 1.807) is 6.07 Å². The quantitative estimate of drug-likeness (QED) is 0.890. The van der Waals surface area contributed by atoms with Crippen LogP contribution in [0.4, 0.5) is 13.2 Å². The number of halogens is 4. The molecule has 1 N–H and O–H groups in total. The molecule has 0 fully saturated rings. The van der Waals surface area contributed by atoms with Crippen molar-refractivity contribution in [2.75, 3.05) is 0 Å². The van der Waals surface area contributed by atoms with Crippen molar-refractivity contribution < 1.29 is 13.2 Å². The van der Waals surface area contributed by atoms with Crippen molar-refractivity contribution in [3.63, 3.8) is 0 Å². The van der Waals surface area contributed by atoms with Gasteiger partial charge in [0.05, 0.1) is 5.56 Å². The molecule has 0 radical (unpaired) electrons. The summed E-state index contributed by atoms with van der Waals surface area (Å²) in [5, 5.41) is 3.08. The van der Waals surface area contributed by atoms with Gasteiger partial charge in [-0.05, 0) is 17.7 Å². The molecule has 1 aromatic carbocycles. The van der Waals surface area contributed by atoms with Gasteiger partial charge in [0.2, 0.25) is 0 Å². The molecule has 0 bridgehead atoms. The number of rotatable bonds is 3. The Bertz CT molecular complexity index is 361. The number of alkyl halides is 3. The zero-order chi connectivity index (χ0) is 12.3. The number of benzene rings is 1. The van der Waals surface area contributed by atoms with Gasteiger partial charge in [0.1, 0.15) is 0 Å². The van der Waals surface area contributed by atoms with E-state index in [9.17, 15) is 13.2 Å². The third-order valence-corrected chi connectivity index (χ3v) is 2.74. The minimum Gasteiger partial charge on any atom is -0.310 e. The predicted molar refractivity (Wildman–Crippen MR) is 61.1 cm³/mol. The molecule has 1 aromatic rings. The summed E-state index contributed by atoms with van der Waals surface area (Å²) < 4.78 is 37.8. The van der Waals surface area contributed by atoms with Crippen LogP contribution in [0.15, 0.2) is 22.7 Å². The maximum absolute atomic E-state index is 12.6. The van der Waals surface area contributed by atoms with Crippen molar-refractivity contribution in [2.24, 2.45) is 0 Å². The largest absolute Gasteiger partial charge is 0.417 e. The molecule has 0 amide bonds. The third kappa shape index (κ3) is 3.79. The second kappa shape index (κ2) is 5.19. The summed E-state index contributed by atoms with van der Waals surface area (Å²) in [7, 11) is 0. The lowest BCUT2D eigenvalue weighted by Gasteiger charge is -2.12. The van der Waals surface area contributed by atoms with Gasteiger partial charge in [-0.25, -0.2) is 0 Å². The van der Waals surface area contributed by atoms with Crippen LogP contribution in [0.1, 0.15) is 25.0 Å². The van der Waals surface area contributed by atoms with Crippen molar-refractivity contribution in [3.05, 3.63) is 33.8 Å². The number of nitrogens with one attached hydrogen (secondary N) is 1. The lowest BCUT2D eigenvalue weighted by Crippen LogP contribution is -2.22. The van der Waals surface area contributed by atoms with Gasteiger partial charge in [-0.3, -0.25) is 0 Å². The molecule has 0 aliphatic carbocycles. The first kappa shape index (κ1) is 13.5. The summed E-state index contributed by atoms with van der Waals surface area (Å²) in [6.07, 6.45) is -4.31. The Morgan fingerprint density at radius 1 is 1.31 bits per heavy atom. The van der Waals surface area contributed by atoms with Gasteiger partial charge in [-0.1, -0.05) is 35.8 Å². The van der Waals surface area contributed by atoms with Gasteiger partial charge < -0.3 is 5.32 Å². The van der Waals surface area contributed by atoms with Crippen molar-refractivity contribution in [3.8, 4) is 0 Å². The molecular weight excluding hydrogens is 283 g/mol. The number of hydrogen-bond acceptors (Lipinski definition) is 1. The topological polar surface area (TPSA) is 12.0 Å². The van der Waals surface area contributed by atoms with Crippen LogP contribution in [0, 0.1) is 0 Å². The Balaban J connectivity index is 2.90. The van der Waals surface area contributed by atoms with Crippen molar-refractivity contribution in [2.45, 2.75) is 32.6 Å². The van der Waals surface area contributed by atoms with Crippen LogP contribution in [0.2, 0.25) is 0 Å². The maximum atomic E-state index is 12.6. The van der Waals surface area contributed by atoms with Crippen LogP contribution in [0.25, 0.3) is 0 Å². The van der Waals surface area contributed by atoms with Crippen LogP contribution in [0.3, 0.4) is 0 Å². The number of hydrogen-bond donors (Lipinski definition) is 1. The van der Waals surface area contributed by atoms with E-state index in [-0.39, 0.29) is 10.5 Å². The fraction of sp³-hybridized carbons (Fsp3) is 0.455. The molecule has 0 unspecified atom stereocenters. The molecule has 0 aliphatic rings. The lowest BCUT2D eigenvalue weighted by molar-refractivity contribution is -0.138. The Labute approximate surface area is 101 Å². The second-order valence-corrected chi connectivity index (χ2v) is 4.70. The molecule has 0 spiro atoms. The highest BCUT2D eigenvalue weighted by Gasteiger charge is 2.32. The van der Waals surface area contributed by atoms with E-state index in [4.69, 9.17) is 0 Å². The molecule has 0 aliphatic heterocycles. The molecule has 0 saturated carbocycles. The molecule has 90 valence electrons. The summed E-state index contributed by atoms with van der Waals surface area (Å²) in [6, 6.07) is 4.52. The molecule has 1 rings (SSSR count). The zero-order valence-corrected chi connectivity index (χ0v) is 10.6. The lowest BCUT2D eigenvalue weighted by atomic mass is 10.1. The predicted octanol–water partition coefficient (Wildman–Crippen LogP) is 3.97. The van der Waals surface area contributed by atoms with E-state index in [1.165, 1.54) is 12.1 Å². The molecular formula is C11H13BrF3N. The van der Waals surface area contributed by atoms with Gasteiger partial charge in [0, 0.05) is 17.1 Å². The first-order chi connectivity index (χ1) is 7.30. The molecule has 0 saturated heterocycles. The van der Waals surface area contributed by atoms with Crippen LogP contribution < -0.4 is 5.32 Å². The fourth-order valence-corrected chi connectivity index (χ4v) is 1.69. The first-order valence-corrected chi connectivity index (χ1v) is 5.69. The van der Waals surface area contributed by atoms with Gasteiger partial charge in [-0.2, -0.15) is 13.2 Å². The molecule has 0 heterocycles. The standard InChI is InChI=1S/C11H13BrF3N/c1-7(2)16-6-8-3-4-10(12)9(5-8)11(13,14)15/h3-5,7,16H,6H2,1-2H3. The minimum absolute atomic E-state index is 0.0771. The van der Waals surface area contributed by atoms with Crippen LogP contribution in [-0.4, -0.2) is 6.04 Å². The van der Waals surface area contributed by atoms with E-state index < -0.39 is 11.7 Å². The SMILES string of the molecule is CC(C)NCc1ccc(Br)c(C(F)(F)F)c1. The van der Waals surface area contributed by atoms with Crippen LogP contribution in [-0.2, 0) is 12.7 Å². The highest BCUT2D eigenvalue weighted by Crippen LogP contribution is 2.35. The summed E-state index contributed by atoms with van der Waals surface area (Å²) >= 11 is 2.91. The average Bonchev–Trinajstić information content (AvgIpc) is 2.14. The molecule has 16 heavy (non-hydrogen) atoms. The third-order valence-electron chi connectivity index (χ3n) is 2.05. The highest BCUT2D eigenvalue weighted by atomic mass is 79.9. The van der Waals surface area contributed by atoms with Crippen molar-refractivity contribution in [1.29, 1.82) is 0 Å². The van der Waals surface area contributed by atoms with Gasteiger partial charge in [0.25, 0.3) is 0 Å². The smallest absolute Gasteiger partial charge is 0.310 e. The van der Waals surface area contributed by atoms with E-state index >= 15 is 0 Å². The Morgan fingerprint density at radius 3 is 2.44 bits per heavy atom. The van der Waals surface area contributed by atoms with Gasteiger partial charge >= 0.3 is 6.18 Å². The average molecular weight is 296 g/mol. The van der Waals surface area contributed by atoms with E-state index in [0.29, 0.717) is 12.1 Å². The van der Waals surface area contributed by atoms with Crippen LogP contribution in [0.5, 0.6) is 0 Å². The van der Waals surface area contributed by atoms with Gasteiger partial charge in [-0.15, -0.1) is 0 Å². The summed E-state index contributed by atoms with van der Waals surface area (Å²) in [4.78, 5) is 0. The zero-order valence-electron chi connectivity index (χ0n) is 9.03. The Hall–Kier alpha value is -0.550. The maximum Gasteiger partial charge on any atom is 0.417 e. The molecule has 0 atom stereocenters. The minimum atomic E-state index is -4.31. The van der Waals surface area contributed by atoms with E-state index in [0.717, 1.165) is 0 Å². The van der Waals surface area contributed by atoms with E-state index in [1.807, 2.05) is 13.8 Å². The van der Waals surface area contributed by atoms with Crippen molar-refractivity contribution >= 4 is 15.9 Å². The van der Waals surface area contributed by atoms with Crippen molar-refractivity contribution in [1.82, 2.24) is 5.32 Å². The van der Waals surface area contributed by atoms with Gasteiger partial charge in [0.15, 0.2) is 0 Å². The van der Waals surface area contributed by atoms with E-state index in [2.05, 4.69) is 21.2 Å². The molecule has 1 nitrogen and oxygen atoms in total. The highest BCUT2D eigenvalue weighted by molar-refractivity contribution is 9.10.